The van der Waals surface area contributed by atoms with Crippen molar-refractivity contribution < 1.29 is 9.79 Å². The highest BCUT2D eigenvalue weighted by Crippen LogP contribution is 2.58. The predicted octanol–water partition coefficient (Wildman–Crippen LogP) is 3.90. The van der Waals surface area contributed by atoms with E-state index in [0.717, 1.165) is 11.4 Å². The Labute approximate surface area is 130 Å². The van der Waals surface area contributed by atoms with E-state index in [9.17, 15) is 9.79 Å². The third-order valence-corrected chi connectivity index (χ3v) is 5.39. The molecule has 22 heavy (non-hydrogen) atoms. The van der Waals surface area contributed by atoms with E-state index in [1.54, 1.807) is 16.8 Å². The zero-order chi connectivity index (χ0) is 15.4. The molecule has 4 heteroatoms. The van der Waals surface area contributed by atoms with Crippen molar-refractivity contribution in [2.75, 3.05) is 4.67 Å². The molecule has 0 atom stereocenters. The van der Waals surface area contributed by atoms with Gasteiger partial charge in [0.15, 0.2) is 5.30 Å². The molecule has 0 radical (unpaired) electrons. The van der Waals surface area contributed by atoms with Gasteiger partial charge in [-0.15, -0.1) is 0 Å². The topological polar surface area (TPSA) is 43.7 Å². The minimum Gasteiger partial charge on any atom is -0.193 e. The van der Waals surface area contributed by atoms with E-state index in [4.69, 9.17) is 0 Å². The molecule has 0 saturated heterocycles. The Morgan fingerprint density at radius 2 is 0.909 bits per heavy atom. The molecule has 0 aliphatic heterocycles. The molecule has 110 valence electrons. The molecular weight excluding hydrogens is 293 g/mol. The van der Waals surface area contributed by atoms with Crippen LogP contribution in [0.3, 0.4) is 0 Å². The van der Waals surface area contributed by atoms with Gasteiger partial charge in [-0.3, -0.25) is 0 Å². The van der Waals surface area contributed by atoms with Gasteiger partial charge in [-0.05, 0) is 36.4 Å². The maximum atomic E-state index is 10.9. The van der Waals surface area contributed by atoms with E-state index < -0.39 is 7.87 Å². The summed E-state index contributed by atoms with van der Waals surface area (Å²) in [5, 5.41) is 0.516. The molecule has 0 aromatic heterocycles. The first-order valence-electron chi connectivity index (χ1n) is 7.00. The summed E-state index contributed by atoms with van der Waals surface area (Å²) in [5.41, 5.74) is 1.49. The van der Waals surface area contributed by atoms with E-state index in [1.165, 1.54) is 0 Å². The van der Waals surface area contributed by atoms with E-state index in [1.807, 2.05) is 78.9 Å². The van der Waals surface area contributed by atoms with Crippen LogP contribution in [0.25, 0.3) is 0 Å². The van der Waals surface area contributed by atoms with Gasteiger partial charge < -0.3 is 0 Å². The molecule has 0 fully saturated rings. The molecule has 0 saturated carbocycles. The lowest BCUT2D eigenvalue weighted by atomic mass is 10.3. The number of para-hydroxylation sites is 2. The van der Waals surface area contributed by atoms with E-state index >= 15 is 0 Å². The van der Waals surface area contributed by atoms with Crippen LogP contribution in [0.1, 0.15) is 0 Å². The van der Waals surface area contributed by atoms with E-state index in [0.29, 0.717) is 5.30 Å². The first-order valence-corrected chi connectivity index (χ1v) is 8.65. The smallest absolute Gasteiger partial charge is 0.193 e. The molecule has 3 nitrogen and oxygen atoms in total. The maximum Gasteiger partial charge on any atom is 0.408 e. The Hall–Kier alpha value is -2.19. The lowest BCUT2D eigenvalue weighted by Gasteiger charge is -2.27. The Morgan fingerprint density at radius 3 is 1.32 bits per heavy atom. The van der Waals surface area contributed by atoms with E-state index in [-0.39, 0.29) is 0 Å². The lowest BCUT2D eigenvalue weighted by Crippen LogP contribution is -2.26. The molecule has 0 amide bonds. The summed E-state index contributed by atoms with van der Waals surface area (Å²) in [4.78, 5) is 21.9. The SMILES string of the molecule is O[P+](O)(c1ccccc1)N(c1ccccc1)c1ccccc1. The molecule has 3 aromatic carbocycles. The monoisotopic (exact) mass is 310 g/mol. The molecule has 0 bridgehead atoms. The second-order valence-electron chi connectivity index (χ2n) is 4.89. The van der Waals surface area contributed by atoms with Crippen LogP contribution in [0.5, 0.6) is 0 Å². The number of nitrogens with zero attached hydrogens (tertiary/aromatic N) is 1. The molecule has 0 aliphatic carbocycles. The molecule has 0 spiro atoms. The van der Waals surface area contributed by atoms with Crippen LogP contribution in [0.4, 0.5) is 11.4 Å². The quantitative estimate of drug-likeness (QED) is 0.718. The van der Waals surface area contributed by atoms with Gasteiger partial charge >= 0.3 is 7.87 Å². The largest absolute Gasteiger partial charge is 0.408 e. The number of benzene rings is 3. The average Bonchev–Trinajstić information content (AvgIpc) is 2.58. The fourth-order valence-electron chi connectivity index (χ4n) is 2.35. The highest BCUT2D eigenvalue weighted by Gasteiger charge is 2.46. The zero-order valence-electron chi connectivity index (χ0n) is 11.9. The molecule has 0 heterocycles. The molecule has 3 aromatic rings. The first-order chi connectivity index (χ1) is 10.7. The Bertz CT molecular complexity index is 678. The molecule has 2 N–H and O–H groups in total. The van der Waals surface area contributed by atoms with Crippen LogP contribution in [-0.4, -0.2) is 9.79 Å². The maximum absolute atomic E-state index is 10.9. The summed E-state index contributed by atoms with van der Waals surface area (Å²) >= 11 is 0. The average molecular weight is 310 g/mol. The molecular formula is C18H17NO2P+. The summed E-state index contributed by atoms with van der Waals surface area (Å²) in [6.07, 6.45) is 0. The van der Waals surface area contributed by atoms with Gasteiger partial charge in [0.2, 0.25) is 0 Å². The molecule has 3 rings (SSSR count). The normalized spacial score (nSPS) is 11.2. The van der Waals surface area contributed by atoms with Crippen molar-refractivity contribution in [1.82, 2.24) is 0 Å². The second kappa shape index (κ2) is 6.29. The summed E-state index contributed by atoms with van der Waals surface area (Å²) in [6.45, 7) is 0. The zero-order valence-corrected chi connectivity index (χ0v) is 12.8. The number of hydrogen-bond acceptors (Lipinski definition) is 3. The van der Waals surface area contributed by atoms with Gasteiger partial charge in [0.05, 0.1) is 11.4 Å². The Kier molecular flexibility index (Phi) is 4.21. The van der Waals surface area contributed by atoms with Gasteiger partial charge in [-0.25, -0.2) is 0 Å². The van der Waals surface area contributed by atoms with Crippen LogP contribution in [-0.2, 0) is 0 Å². The standard InChI is InChI=1S/C18H17NO2P/c20-22(21,18-14-8-3-9-15-18)19(16-10-4-1-5-11-16)17-12-6-2-7-13-17/h1-15,20-21H/q+1. The fourth-order valence-corrected chi connectivity index (χ4v) is 4.07. The van der Waals surface area contributed by atoms with Crippen LogP contribution in [0.15, 0.2) is 91.0 Å². The van der Waals surface area contributed by atoms with Crippen molar-refractivity contribution in [1.29, 1.82) is 0 Å². The van der Waals surface area contributed by atoms with Gasteiger partial charge in [0, 0.05) is 0 Å². The van der Waals surface area contributed by atoms with Crippen LogP contribution < -0.4 is 9.97 Å². The number of rotatable bonds is 4. The van der Waals surface area contributed by atoms with Crippen LogP contribution in [0, 0.1) is 0 Å². The fraction of sp³-hybridized carbons (Fsp3) is 0. The van der Waals surface area contributed by atoms with E-state index in [2.05, 4.69) is 0 Å². The van der Waals surface area contributed by atoms with Gasteiger partial charge in [-0.1, -0.05) is 54.6 Å². The minimum atomic E-state index is -3.52. The van der Waals surface area contributed by atoms with Crippen molar-refractivity contribution in [2.24, 2.45) is 0 Å². The van der Waals surface area contributed by atoms with Gasteiger partial charge in [0.1, 0.15) is 0 Å². The van der Waals surface area contributed by atoms with Crippen LogP contribution >= 0.6 is 7.87 Å². The third-order valence-electron chi connectivity index (χ3n) is 3.38. The third kappa shape index (κ3) is 2.88. The lowest BCUT2D eigenvalue weighted by molar-refractivity contribution is 0.465. The highest BCUT2D eigenvalue weighted by atomic mass is 31.2. The number of hydrogen-bond donors (Lipinski definition) is 2. The van der Waals surface area contributed by atoms with Crippen LogP contribution in [0.2, 0.25) is 0 Å². The van der Waals surface area contributed by atoms with Crippen molar-refractivity contribution in [2.45, 2.75) is 0 Å². The van der Waals surface area contributed by atoms with Gasteiger partial charge in [0.25, 0.3) is 0 Å². The predicted molar refractivity (Wildman–Crippen MR) is 92.5 cm³/mol. The number of anilines is 2. The van der Waals surface area contributed by atoms with Gasteiger partial charge in [-0.2, -0.15) is 14.5 Å². The Morgan fingerprint density at radius 1 is 0.545 bits per heavy atom. The summed E-state index contributed by atoms with van der Waals surface area (Å²) in [6, 6.07) is 27.8. The second-order valence-corrected chi connectivity index (χ2v) is 6.94. The first kappa shape index (κ1) is 14.7. The molecule has 0 aliphatic rings. The Balaban J connectivity index is 2.14. The summed E-state index contributed by atoms with van der Waals surface area (Å²) < 4.78 is 1.61. The minimum absolute atomic E-state index is 0.516. The molecule has 0 unspecified atom stereocenters. The highest BCUT2D eigenvalue weighted by molar-refractivity contribution is 7.74. The summed E-state index contributed by atoms with van der Waals surface area (Å²) in [7, 11) is -3.52. The van der Waals surface area contributed by atoms with Crippen molar-refractivity contribution in [3.63, 3.8) is 0 Å². The van der Waals surface area contributed by atoms with Crippen molar-refractivity contribution >= 4 is 24.5 Å². The van der Waals surface area contributed by atoms with Crippen molar-refractivity contribution in [3.8, 4) is 0 Å². The summed E-state index contributed by atoms with van der Waals surface area (Å²) in [5.74, 6) is 0. The van der Waals surface area contributed by atoms with Crippen molar-refractivity contribution in [3.05, 3.63) is 91.0 Å².